The normalized spacial score (nSPS) is 22.3. The molecule has 3 rings (SSSR count). The molecule has 1 aromatic rings. The number of rotatable bonds is 2. The van der Waals surface area contributed by atoms with Gasteiger partial charge in [0.05, 0.1) is 27.9 Å². The van der Waals surface area contributed by atoms with Crippen LogP contribution in [0.15, 0.2) is 18.2 Å². The first-order valence-corrected chi connectivity index (χ1v) is 10.5. The number of amides is 3. The molecule has 0 radical (unpaired) electrons. The molecule has 2 heterocycles. The Morgan fingerprint density at radius 1 is 1.11 bits per heavy atom. The number of sulfonamides is 1. The predicted molar refractivity (Wildman–Crippen MR) is 100 cm³/mol. The first-order valence-electron chi connectivity index (χ1n) is 8.53. The van der Waals surface area contributed by atoms with Crippen molar-refractivity contribution in [2.75, 3.05) is 36.2 Å². The summed E-state index contributed by atoms with van der Waals surface area (Å²) in [7, 11) is -3.76. The van der Waals surface area contributed by atoms with Gasteiger partial charge in [-0.15, -0.1) is 0 Å². The standard InChI is InChI=1S/C17H20ClN3O5S/c1-11-10-27(25,26)21(16(11)23)13-3-4-15(18)14(9-13)17(24)20-7-5-19(6-8-20)12(2)22/h3-4,9,11H,5-8,10H2,1-2H3. The monoisotopic (exact) mass is 413 g/mol. The molecule has 10 heteroatoms. The lowest BCUT2D eigenvalue weighted by Gasteiger charge is -2.34. The summed E-state index contributed by atoms with van der Waals surface area (Å²) in [4.78, 5) is 39.8. The number of carbonyl (C=O) groups is 3. The fraction of sp³-hybridized carbons (Fsp3) is 0.471. The molecule has 3 amide bonds. The van der Waals surface area contributed by atoms with Crippen LogP contribution in [-0.4, -0.2) is 67.9 Å². The van der Waals surface area contributed by atoms with E-state index in [0.29, 0.717) is 26.2 Å². The molecule has 1 atom stereocenters. The first-order chi connectivity index (χ1) is 12.6. The summed E-state index contributed by atoms with van der Waals surface area (Å²) in [5, 5.41) is 0.176. The van der Waals surface area contributed by atoms with Crippen LogP contribution in [0.1, 0.15) is 24.2 Å². The quantitative estimate of drug-likeness (QED) is 0.719. The molecular formula is C17H20ClN3O5S. The van der Waals surface area contributed by atoms with E-state index in [1.54, 1.807) is 16.7 Å². The molecule has 27 heavy (non-hydrogen) atoms. The molecule has 1 aromatic carbocycles. The van der Waals surface area contributed by atoms with Crippen molar-refractivity contribution in [1.29, 1.82) is 0 Å². The molecule has 1 unspecified atom stereocenters. The zero-order valence-electron chi connectivity index (χ0n) is 15.0. The molecule has 8 nitrogen and oxygen atoms in total. The molecule has 0 N–H and O–H groups in total. The zero-order chi connectivity index (χ0) is 19.9. The lowest BCUT2D eigenvalue weighted by atomic mass is 10.1. The van der Waals surface area contributed by atoms with Gasteiger partial charge < -0.3 is 9.80 Å². The van der Waals surface area contributed by atoms with Gasteiger partial charge in [-0.2, -0.15) is 0 Å². The van der Waals surface area contributed by atoms with Crippen molar-refractivity contribution in [3.05, 3.63) is 28.8 Å². The van der Waals surface area contributed by atoms with E-state index < -0.39 is 21.8 Å². The number of nitrogens with zero attached hydrogens (tertiary/aromatic N) is 3. The van der Waals surface area contributed by atoms with Gasteiger partial charge in [-0.3, -0.25) is 14.4 Å². The Morgan fingerprint density at radius 2 is 1.70 bits per heavy atom. The van der Waals surface area contributed by atoms with E-state index in [4.69, 9.17) is 11.6 Å². The Balaban J connectivity index is 1.87. The van der Waals surface area contributed by atoms with Crippen LogP contribution in [0.4, 0.5) is 5.69 Å². The zero-order valence-corrected chi connectivity index (χ0v) is 16.6. The van der Waals surface area contributed by atoms with Gasteiger partial charge in [-0.1, -0.05) is 18.5 Å². The average Bonchev–Trinajstić information content (AvgIpc) is 2.82. The van der Waals surface area contributed by atoms with E-state index in [1.807, 2.05) is 0 Å². The van der Waals surface area contributed by atoms with Crippen LogP contribution in [0.25, 0.3) is 0 Å². The van der Waals surface area contributed by atoms with Gasteiger partial charge in [0, 0.05) is 33.1 Å². The third-order valence-corrected chi connectivity index (χ3v) is 6.99. The van der Waals surface area contributed by atoms with Crippen molar-refractivity contribution in [3.8, 4) is 0 Å². The Labute approximate surface area is 162 Å². The second-order valence-electron chi connectivity index (χ2n) is 6.74. The Bertz CT molecular complexity index is 909. The molecular weight excluding hydrogens is 394 g/mol. The smallest absolute Gasteiger partial charge is 0.255 e. The van der Waals surface area contributed by atoms with Crippen molar-refractivity contribution in [3.63, 3.8) is 0 Å². The summed E-state index contributed by atoms with van der Waals surface area (Å²) in [6.07, 6.45) is 0. The van der Waals surface area contributed by atoms with Crippen molar-refractivity contribution < 1.29 is 22.8 Å². The number of benzene rings is 1. The third-order valence-electron chi connectivity index (χ3n) is 4.79. The Hall–Kier alpha value is -2.13. The number of carbonyl (C=O) groups excluding carboxylic acids is 3. The molecule has 146 valence electrons. The van der Waals surface area contributed by atoms with E-state index in [9.17, 15) is 22.8 Å². The van der Waals surface area contributed by atoms with Gasteiger partial charge in [0.25, 0.3) is 5.91 Å². The maximum absolute atomic E-state index is 12.9. The molecule has 2 fully saturated rings. The van der Waals surface area contributed by atoms with Crippen LogP contribution in [0.3, 0.4) is 0 Å². The fourth-order valence-electron chi connectivity index (χ4n) is 3.29. The lowest BCUT2D eigenvalue weighted by molar-refractivity contribution is -0.130. The minimum Gasteiger partial charge on any atom is -0.339 e. The van der Waals surface area contributed by atoms with Crippen molar-refractivity contribution in [1.82, 2.24) is 9.80 Å². The van der Waals surface area contributed by atoms with Crippen LogP contribution in [0.2, 0.25) is 5.02 Å². The number of halogens is 1. The predicted octanol–water partition coefficient (Wildman–Crippen LogP) is 0.957. The molecule has 0 saturated carbocycles. The summed E-state index contributed by atoms with van der Waals surface area (Å²) in [5.41, 5.74) is 0.243. The summed E-state index contributed by atoms with van der Waals surface area (Å²) >= 11 is 6.17. The van der Waals surface area contributed by atoms with Crippen LogP contribution in [-0.2, 0) is 19.6 Å². The molecule has 0 spiro atoms. The summed E-state index contributed by atoms with van der Waals surface area (Å²) < 4.78 is 25.3. The maximum Gasteiger partial charge on any atom is 0.255 e. The number of hydrogen-bond donors (Lipinski definition) is 0. The number of anilines is 1. The molecule has 2 aliphatic rings. The molecule has 2 saturated heterocycles. The molecule has 0 bridgehead atoms. The van der Waals surface area contributed by atoms with Crippen LogP contribution >= 0.6 is 11.6 Å². The van der Waals surface area contributed by atoms with Gasteiger partial charge in [0.2, 0.25) is 21.8 Å². The highest BCUT2D eigenvalue weighted by atomic mass is 35.5. The fourth-order valence-corrected chi connectivity index (χ4v) is 5.30. The SMILES string of the molecule is CC(=O)N1CCN(C(=O)c2cc(N3C(=O)C(C)CS3(=O)=O)ccc2Cl)CC1. The summed E-state index contributed by atoms with van der Waals surface area (Å²) in [6.45, 7) is 4.60. The van der Waals surface area contributed by atoms with E-state index in [0.717, 1.165) is 4.31 Å². The van der Waals surface area contributed by atoms with Gasteiger partial charge in [0.1, 0.15) is 0 Å². The highest BCUT2D eigenvalue weighted by Crippen LogP contribution is 2.31. The third kappa shape index (κ3) is 3.66. The summed E-state index contributed by atoms with van der Waals surface area (Å²) in [5.74, 6) is -1.82. The van der Waals surface area contributed by atoms with Crippen molar-refractivity contribution in [2.45, 2.75) is 13.8 Å². The molecule has 2 aliphatic heterocycles. The number of hydrogen-bond acceptors (Lipinski definition) is 5. The second kappa shape index (κ2) is 7.12. The maximum atomic E-state index is 12.9. The van der Waals surface area contributed by atoms with E-state index in [1.165, 1.54) is 25.1 Å². The lowest BCUT2D eigenvalue weighted by Crippen LogP contribution is -2.50. The van der Waals surface area contributed by atoms with Crippen LogP contribution in [0.5, 0.6) is 0 Å². The minimum atomic E-state index is -3.76. The van der Waals surface area contributed by atoms with Crippen LogP contribution in [0, 0.1) is 5.92 Å². The molecule has 0 aliphatic carbocycles. The number of piperazine rings is 1. The van der Waals surface area contributed by atoms with Gasteiger partial charge in [0.15, 0.2) is 0 Å². The first kappa shape index (κ1) is 19.6. The average molecular weight is 414 g/mol. The highest BCUT2D eigenvalue weighted by Gasteiger charge is 2.42. The van der Waals surface area contributed by atoms with Crippen LogP contribution < -0.4 is 4.31 Å². The van der Waals surface area contributed by atoms with E-state index >= 15 is 0 Å². The minimum absolute atomic E-state index is 0.0472. The summed E-state index contributed by atoms with van der Waals surface area (Å²) in [6, 6.07) is 4.18. The van der Waals surface area contributed by atoms with Gasteiger partial charge in [-0.05, 0) is 18.2 Å². The van der Waals surface area contributed by atoms with E-state index in [-0.39, 0.29) is 33.8 Å². The molecule has 0 aromatic heterocycles. The van der Waals surface area contributed by atoms with Crippen molar-refractivity contribution in [2.24, 2.45) is 5.92 Å². The van der Waals surface area contributed by atoms with Gasteiger partial charge in [-0.25, -0.2) is 12.7 Å². The second-order valence-corrected chi connectivity index (χ2v) is 9.01. The van der Waals surface area contributed by atoms with Gasteiger partial charge >= 0.3 is 0 Å². The Kier molecular flexibility index (Phi) is 5.18. The highest BCUT2D eigenvalue weighted by molar-refractivity contribution is 7.94. The topological polar surface area (TPSA) is 95.1 Å². The Morgan fingerprint density at radius 3 is 2.22 bits per heavy atom. The van der Waals surface area contributed by atoms with E-state index in [2.05, 4.69) is 0 Å². The van der Waals surface area contributed by atoms with Crippen molar-refractivity contribution >= 4 is 45.0 Å². The largest absolute Gasteiger partial charge is 0.339 e.